The van der Waals surface area contributed by atoms with Crippen molar-refractivity contribution in [3.63, 3.8) is 0 Å². The summed E-state index contributed by atoms with van der Waals surface area (Å²) in [5.41, 5.74) is 10.9. The Hall–Kier alpha value is -2.04. The fraction of sp³-hybridized carbons (Fsp3) is 0.417. The molecule has 94 valence electrons. The van der Waals surface area contributed by atoms with Gasteiger partial charge in [-0.15, -0.1) is 0 Å². The van der Waals surface area contributed by atoms with Crippen molar-refractivity contribution < 1.29 is 5.11 Å². The van der Waals surface area contributed by atoms with E-state index in [9.17, 15) is 5.11 Å². The summed E-state index contributed by atoms with van der Waals surface area (Å²) in [6.07, 6.45) is 2.47. The first kappa shape index (κ1) is 12.4. The summed E-state index contributed by atoms with van der Waals surface area (Å²) in [4.78, 5) is 6.94. The van der Waals surface area contributed by atoms with Crippen LogP contribution in [0.1, 0.15) is 24.5 Å². The predicted molar refractivity (Wildman–Crippen MR) is 68.9 cm³/mol. The van der Waals surface area contributed by atoms with Crippen molar-refractivity contribution in [3.8, 4) is 0 Å². The van der Waals surface area contributed by atoms with Crippen LogP contribution in [0.3, 0.4) is 0 Å². The molecule has 1 heterocycles. The Morgan fingerprint density at radius 3 is 3.17 bits per heavy atom. The van der Waals surface area contributed by atoms with Crippen LogP contribution < -0.4 is 0 Å². The van der Waals surface area contributed by atoms with Crippen LogP contribution in [0.15, 0.2) is 29.6 Å². The molecule has 6 heteroatoms. The molecule has 0 saturated carbocycles. The number of hydrogen-bond acceptors (Lipinski definition) is 3. The van der Waals surface area contributed by atoms with Gasteiger partial charge in [0.15, 0.2) is 0 Å². The van der Waals surface area contributed by atoms with Gasteiger partial charge < -0.3 is 9.67 Å². The van der Waals surface area contributed by atoms with Gasteiger partial charge in [-0.1, -0.05) is 11.2 Å². The third-order valence-electron chi connectivity index (χ3n) is 2.93. The summed E-state index contributed by atoms with van der Waals surface area (Å²) in [6, 6.07) is 5.75. The van der Waals surface area contributed by atoms with Gasteiger partial charge >= 0.3 is 0 Å². The normalized spacial score (nSPS) is 12.3. The molecule has 0 amide bonds. The van der Waals surface area contributed by atoms with Gasteiger partial charge in [-0.25, -0.2) is 4.98 Å². The molecule has 0 fully saturated rings. The summed E-state index contributed by atoms with van der Waals surface area (Å²) >= 11 is 0. The van der Waals surface area contributed by atoms with Crippen LogP contribution in [0.4, 0.5) is 0 Å². The van der Waals surface area contributed by atoms with Crippen molar-refractivity contribution in [1.82, 2.24) is 9.55 Å². The largest absolute Gasteiger partial charge is 0.388 e. The third kappa shape index (κ3) is 2.61. The Labute approximate surface area is 105 Å². The zero-order valence-corrected chi connectivity index (χ0v) is 10.2. The second kappa shape index (κ2) is 5.53. The van der Waals surface area contributed by atoms with Crippen molar-refractivity contribution in [2.24, 2.45) is 12.2 Å². The number of rotatable bonds is 5. The van der Waals surface area contributed by atoms with Crippen molar-refractivity contribution in [1.29, 1.82) is 0 Å². The minimum Gasteiger partial charge on any atom is -0.388 e. The minimum absolute atomic E-state index is 0.416. The summed E-state index contributed by atoms with van der Waals surface area (Å²) in [5.74, 6) is 0. The molecular weight excluding hydrogens is 230 g/mol. The van der Waals surface area contributed by atoms with Gasteiger partial charge in [0.05, 0.1) is 23.5 Å². The van der Waals surface area contributed by atoms with Crippen molar-refractivity contribution in [2.45, 2.75) is 18.9 Å². The average molecular weight is 245 g/mol. The summed E-state index contributed by atoms with van der Waals surface area (Å²) in [6.45, 7) is 0.416. The van der Waals surface area contributed by atoms with Gasteiger partial charge in [-0.05, 0) is 36.1 Å². The molecule has 0 aliphatic carbocycles. The zero-order chi connectivity index (χ0) is 13.0. The minimum atomic E-state index is -0.537. The molecule has 0 spiro atoms. The Bertz CT molecular complexity index is 585. The quantitative estimate of drug-likeness (QED) is 0.380. The lowest BCUT2D eigenvalue weighted by atomic mass is 10.0. The molecule has 0 saturated heterocycles. The second-order valence-corrected chi connectivity index (χ2v) is 4.22. The van der Waals surface area contributed by atoms with E-state index in [1.54, 1.807) is 6.33 Å². The van der Waals surface area contributed by atoms with Gasteiger partial charge in [0.2, 0.25) is 0 Å². The number of nitrogens with zero attached hydrogens (tertiary/aromatic N) is 5. The highest BCUT2D eigenvalue weighted by atomic mass is 16.3. The topological polar surface area (TPSA) is 86.8 Å². The molecular formula is C12H15N5O. The van der Waals surface area contributed by atoms with Crippen molar-refractivity contribution >= 4 is 11.0 Å². The van der Waals surface area contributed by atoms with E-state index >= 15 is 0 Å². The molecule has 1 N–H and O–H groups in total. The highest BCUT2D eigenvalue weighted by Crippen LogP contribution is 2.22. The highest BCUT2D eigenvalue weighted by molar-refractivity contribution is 5.76. The van der Waals surface area contributed by atoms with E-state index in [4.69, 9.17) is 5.53 Å². The smallest absolute Gasteiger partial charge is 0.0955 e. The summed E-state index contributed by atoms with van der Waals surface area (Å²) in [5, 5.41) is 13.5. The van der Waals surface area contributed by atoms with E-state index in [0.29, 0.717) is 19.4 Å². The second-order valence-electron chi connectivity index (χ2n) is 4.22. The van der Waals surface area contributed by atoms with Crippen LogP contribution >= 0.6 is 0 Å². The maximum Gasteiger partial charge on any atom is 0.0955 e. The molecule has 2 aromatic rings. The fourth-order valence-corrected chi connectivity index (χ4v) is 1.93. The number of aliphatic hydroxyl groups is 1. The van der Waals surface area contributed by atoms with Crippen LogP contribution in [0.25, 0.3) is 21.5 Å². The lowest BCUT2D eigenvalue weighted by Crippen LogP contribution is -1.98. The average Bonchev–Trinajstić information content (AvgIpc) is 2.76. The number of benzene rings is 1. The number of aryl methyl sites for hydroxylation is 1. The maximum atomic E-state index is 10.0. The van der Waals surface area contributed by atoms with Crippen LogP contribution in [0, 0.1) is 0 Å². The molecule has 18 heavy (non-hydrogen) atoms. The number of aliphatic hydroxyl groups excluding tert-OH is 1. The Kier molecular flexibility index (Phi) is 3.82. The molecule has 0 aliphatic heterocycles. The number of fused-ring (bicyclic) bond motifs is 1. The monoisotopic (exact) mass is 245 g/mol. The number of aromatic nitrogens is 2. The first-order chi connectivity index (χ1) is 8.72. The van der Waals surface area contributed by atoms with Crippen molar-refractivity contribution in [3.05, 3.63) is 40.5 Å². The van der Waals surface area contributed by atoms with E-state index < -0.39 is 6.10 Å². The van der Waals surface area contributed by atoms with E-state index in [-0.39, 0.29) is 0 Å². The fourth-order valence-electron chi connectivity index (χ4n) is 1.93. The summed E-state index contributed by atoms with van der Waals surface area (Å²) in [7, 11) is 1.94. The lowest BCUT2D eigenvalue weighted by molar-refractivity contribution is 0.165. The SMILES string of the molecule is Cn1cnc2cc(C(O)CCCN=[N+]=[N-])ccc21. The third-order valence-corrected chi connectivity index (χ3v) is 2.93. The summed E-state index contributed by atoms with van der Waals surface area (Å²) < 4.78 is 1.94. The van der Waals surface area contributed by atoms with Gasteiger partial charge in [0.25, 0.3) is 0 Å². The van der Waals surface area contributed by atoms with Crippen LogP contribution in [-0.4, -0.2) is 21.2 Å². The molecule has 1 unspecified atom stereocenters. The van der Waals surface area contributed by atoms with Crippen LogP contribution in [0.5, 0.6) is 0 Å². The maximum absolute atomic E-state index is 10.0. The Morgan fingerprint density at radius 2 is 2.39 bits per heavy atom. The van der Waals surface area contributed by atoms with E-state index in [2.05, 4.69) is 15.0 Å². The van der Waals surface area contributed by atoms with Crippen molar-refractivity contribution in [2.75, 3.05) is 6.54 Å². The van der Waals surface area contributed by atoms with E-state index in [1.165, 1.54) is 0 Å². The molecule has 1 aromatic carbocycles. The standard InChI is InChI=1S/C12H15N5O/c1-17-8-14-10-7-9(4-5-11(10)17)12(18)3-2-6-15-16-13/h4-5,7-8,12,18H,2-3,6H2,1H3. The predicted octanol–water partition coefficient (Wildman–Crippen LogP) is 2.70. The Balaban J connectivity index is 2.07. The van der Waals surface area contributed by atoms with E-state index in [0.717, 1.165) is 16.6 Å². The van der Waals surface area contributed by atoms with Gasteiger partial charge in [0.1, 0.15) is 0 Å². The molecule has 0 aliphatic rings. The zero-order valence-electron chi connectivity index (χ0n) is 10.2. The van der Waals surface area contributed by atoms with E-state index in [1.807, 2.05) is 29.8 Å². The first-order valence-electron chi connectivity index (χ1n) is 5.82. The number of hydrogen-bond donors (Lipinski definition) is 1. The Morgan fingerprint density at radius 1 is 1.56 bits per heavy atom. The molecule has 6 nitrogen and oxygen atoms in total. The number of imidazole rings is 1. The van der Waals surface area contributed by atoms with Crippen LogP contribution in [0.2, 0.25) is 0 Å². The molecule has 0 radical (unpaired) electrons. The molecule has 1 aromatic heterocycles. The first-order valence-corrected chi connectivity index (χ1v) is 5.82. The molecule has 2 rings (SSSR count). The van der Waals surface area contributed by atoms with Gasteiger partial charge in [0, 0.05) is 18.5 Å². The molecule has 1 atom stereocenters. The molecule has 0 bridgehead atoms. The highest BCUT2D eigenvalue weighted by Gasteiger charge is 2.09. The number of azide groups is 1. The van der Waals surface area contributed by atoms with Gasteiger partial charge in [-0.3, -0.25) is 0 Å². The lowest BCUT2D eigenvalue weighted by Gasteiger charge is -2.10. The van der Waals surface area contributed by atoms with Gasteiger partial charge in [-0.2, -0.15) is 0 Å². The van der Waals surface area contributed by atoms with Crippen LogP contribution in [-0.2, 0) is 7.05 Å².